The zero-order valence-electron chi connectivity index (χ0n) is 16.8. The number of ether oxygens (including phenoxy) is 1. The summed E-state index contributed by atoms with van der Waals surface area (Å²) in [5.41, 5.74) is -0.0553. The van der Waals surface area contributed by atoms with Crippen LogP contribution in [0.2, 0.25) is 5.02 Å². The normalized spacial score (nSPS) is 15.2. The number of sulfonamides is 1. The van der Waals surface area contributed by atoms with Gasteiger partial charge in [-0.1, -0.05) is 18.0 Å². The summed E-state index contributed by atoms with van der Waals surface area (Å²) in [6.45, 7) is 4.54. The first kappa shape index (κ1) is 22.5. The Labute approximate surface area is 181 Å². The molecule has 1 saturated heterocycles. The molecule has 2 aromatic carbocycles. The van der Waals surface area contributed by atoms with E-state index in [1.807, 2.05) is 13.8 Å². The molecule has 1 fully saturated rings. The van der Waals surface area contributed by atoms with Crippen molar-refractivity contribution in [3.8, 4) is 5.75 Å². The predicted molar refractivity (Wildman–Crippen MR) is 114 cm³/mol. The summed E-state index contributed by atoms with van der Waals surface area (Å²) in [5.74, 6) is -1.21. The largest absolute Gasteiger partial charge is 0.489 e. The van der Waals surface area contributed by atoms with E-state index in [0.717, 1.165) is 25.3 Å². The molecule has 0 unspecified atom stereocenters. The van der Waals surface area contributed by atoms with Gasteiger partial charge in [-0.05, 0) is 63.1 Å². The van der Waals surface area contributed by atoms with Gasteiger partial charge in [0.25, 0.3) is 5.91 Å². The molecular weight excluding hydrogens is 431 g/mol. The maximum absolute atomic E-state index is 14.1. The maximum Gasteiger partial charge on any atom is 0.258 e. The van der Waals surface area contributed by atoms with Gasteiger partial charge in [-0.15, -0.1) is 0 Å². The molecule has 9 heteroatoms. The van der Waals surface area contributed by atoms with Crippen LogP contribution in [0.15, 0.2) is 41.3 Å². The molecule has 1 heterocycles. The highest BCUT2D eigenvalue weighted by atomic mass is 35.5. The summed E-state index contributed by atoms with van der Waals surface area (Å²) in [4.78, 5) is 12.7. The highest BCUT2D eigenvalue weighted by Gasteiger charge is 2.27. The molecule has 162 valence electrons. The van der Waals surface area contributed by atoms with Crippen LogP contribution in [-0.4, -0.2) is 37.8 Å². The van der Waals surface area contributed by atoms with Gasteiger partial charge in [0, 0.05) is 18.1 Å². The van der Waals surface area contributed by atoms with Crippen LogP contribution in [0.25, 0.3) is 0 Å². The molecule has 1 amide bonds. The Kier molecular flexibility index (Phi) is 7.00. The summed E-state index contributed by atoms with van der Waals surface area (Å²) in [5, 5.41) is 2.75. The van der Waals surface area contributed by atoms with Crippen molar-refractivity contribution in [1.82, 2.24) is 4.31 Å². The SMILES string of the molecule is CC(C)Oc1ccc(S(=O)(=O)N2CCCCC2)cc1NC(=O)c1ccc(Cl)cc1F. The molecule has 0 aromatic heterocycles. The van der Waals surface area contributed by atoms with Gasteiger partial charge in [-0.2, -0.15) is 4.31 Å². The minimum absolute atomic E-state index is 0.0485. The van der Waals surface area contributed by atoms with E-state index in [1.54, 1.807) is 0 Å². The molecule has 2 aromatic rings. The molecule has 0 bridgehead atoms. The number of nitrogens with one attached hydrogen (secondary N) is 1. The van der Waals surface area contributed by atoms with E-state index in [0.29, 0.717) is 18.8 Å². The third-order valence-corrected chi connectivity index (χ3v) is 6.82. The van der Waals surface area contributed by atoms with Gasteiger partial charge in [0.1, 0.15) is 11.6 Å². The second-order valence-corrected chi connectivity index (χ2v) is 9.74. The first-order chi connectivity index (χ1) is 14.2. The monoisotopic (exact) mass is 454 g/mol. The van der Waals surface area contributed by atoms with Gasteiger partial charge in [0.2, 0.25) is 10.0 Å². The Morgan fingerprint density at radius 2 is 1.83 bits per heavy atom. The number of anilines is 1. The van der Waals surface area contributed by atoms with Gasteiger partial charge in [-0.25, -0.2) is 12.8 Å². The van der Waals surface area contributed by atoms with E-state index in [9.17, 15) is 17.6 Å². The van der Waals surface area contributed by atoms with Crippen LogP contribution in [0, 0.1) is 5.82 Å². The lowest BCUT2D eigenvalue weighted by molar-refractivity contribution is 0.102. The number of amides is 1. The first-order valence-electron chi connectivity index (χ1n) is 9.76. The standard InChI is InChI=1S/C21H24ClFN2O4S/c1-14(2)29-20-9-7-16(30(27,28)25-10-4-3-5-11-25)13-19(20)24-21(26)17-8-6-15(22)12-18(17)23/h6-9,12-14H,3-5,10-11H2,1-2H3,(H,24,26). The lowest BCUT2D eigenvalue weighted by Crippen LogP contribution is -2.35. The molecule has 1 N–H and O–H groups in total. The summed E-state index contributed by atoms with van der Waals surface area (Å²) in [6, 6.07) is 8.03. The smallest absolute Gasteiger partial charge is 0.258 e. The molecule has 0 saturated carbocycles. The van der Waals surface area contributed by atoms with Crippen molar-refractivity contribution < 1.29 is 22.3 Å². The van der Waals surface area contributed by atoms with E-state index in [4.69, 9.17) is 16.3 Å². The maximum atomic E-state index is 14.1. The Morgan fingerprint density at radius 3 is 2.47 bits per heavy atom. The van der Waals surface area contributed by atoms with E-state index in [2.05, 4.69) is 5.32 Å². The summed E-state index contributed by atoms with van der Waals surface area (Å²) in [7, 11) is -3.71. The quantitative estimate of drug-likeness (QED) is 0.686. The van der Waals surface area contributed by atoms with Crippen LogP contribution in [0.5, 0.6) is 5.75 Å². The third-order valence-electron chi connectivity index (χ3n) is 4.69. The molecule has 1 aliphatic heterocycles. The number of benzene rings is 2. The minimum atomic E-state index is -3.71. The number of carbonyl (C=O) groups excluding carboxylic acids is 1. The van der Waals surface area contributed by atoms with Crippen LogP contribution >= 0.6 is 11.6 Å². The fourth-order valence-electron chi connectivity index (χ4n) is 3.24. The highest BCUT2D eigenvalue weighted by Crippen LogP contribution is 2.31. The van der Waals surface area contributed by atoms with Crippen molar-refractivity contribution in [2.75, 3.05) is 18.4 Å². The van der Waals surface area contributed by atoms with Crippen molar-refractivity contribution in [3.63, 3.8) is 0 Å². The van der Waals surface area contributed by atoms with Crippen LogP contribution in [-0.2, 0) is 10.0 Å². The fourth-order valence-corrected chi connectivity index (χ4v) is 4.94. The Morgan fingerprint density at radius 1 is 1.13 bits per heavy atom. The van der Waals surface area contributed by atoms with E-state index in [1.165, 1.54) is 34.6 Å². The minimum Gasteiger partial charge on any atom is -0.489 e. The number of rotatable bonds is 6. The fraction of sp³-hybridized carbons (Fsp3) is 0.381. The number of piperidine rings is 1. The molecule has 30 heavy (non-hydrogen) atoms. The first-order valence-corrected chi connectivity index (χ1v) is 11.6. The Balaban J connectivity index is 1.96. The molecule has 6 nitrogen and oxygen atoms in total. The van der Waals surface area contributed by atoms with Crippen molar-refractivity contribution >= 4 is 33.2 Å². The van der Waals surface area contributed by atoms with Crippen LogP contribution in [0.3, 0.4) is 0 Å². The van der Waals surface area contributed by atoms with Crippen LogP contribution in [0.4, 0.5) is 10.1 Å². The molecule has 1 aliphatic rings. The number of halogens is 2. The van der Waals surface area contributed by atoms with Crippen molar-refractivity contribution in [1.29, 1.82) is 0 Å². The lowest BCUT2D eigenvalue weighted by atomic mass is 10.2. The zero-order valence-corrected chi connectivity index (χ0v) is 18.4. The molecule has 3 rings (SSSR count). The topological polar surface area (TPSA) is 75.7 Å². The van der Waals surface area contributed by atoms with Gasteiger partial charge in [0.05, 0.1) is 22.3 Å². The molecule has 0 radical (unpaired) electrons. The van der Waals surface area contributed by atoms with E-state index in [-0.39, 0.29) is 27.3 Å². The van der Waals surface area contributed by atoms with Crippen molar-refractivity contribution in [2.24, 2.45) is 0 Å². The highest BCUT2D eigenvalue weighted by molar-refractivity contribution is 7.89. The Hall–Kier alpha value is -2.16. The van der Waals surface area contributed by atoms with E-state index >= 15 is 0 Å². The average molecular weight is 455 g/mol. The third kappa shape index (κ3) is 5.11. The van der Waals surface area contributed by atoms with Gasteiger partial charge in [-0.3, -0.25) is 4.79 Å². The van der Waals surface area contributed by atoms with Gasteiger partial charge < -0.3 is 10.1 Å². The van der Waals surface area contributed by atoms with Gasteiger partial charge >= 0.3 is 0 Å². The summed E-state index contributed by atoms with van der Waals surface area (Å²) in [6.07, 6.45) is 2.42. The van der Waals surface area contributed by atoms with Crippen molar-refractivity contribution in [3.05, 3.63) is 52.8 Å². The second-order valence-electron chi connectivity index (χ2n) is 7.37. The molecule has 0 spiro atoms. The summed E-state index contributed by atoms with van der Waals surface area (Å²) < 4.78 is 47.3. The Bertz CT molecular complexity index is 1040. The average Bonchev–Trinajstić information content (AvgIpc) is 2.69. The predicted octanol–water partition coefficient (Wildman–Crippen LogP) is 4.69. The van der Waals surface area contributed by atoms with Crippen LogP contribution < -0.4 is 10.1 Å². The molecular formula is C21H24ClFN2O4S. The van der Waals surface area contributed by atoms with Gasteiger partial charge in [0.15, 0.2) is 0 Å². The number of hydrogen-bond acceptors (Lipinski definition) is 4. The number of carbonyl (C=O) groups is 1. The number of nitrogens with zero attached hydrogens (tertiary/aromatic N) is 1. The molecule has 0 aliphatic carbocycles. The number of hydrogen-bond donors (Lipinski definition) is 1. The zero-order chi connectivity index (χ0) is 21.9. The second kappa shape index (κ2) is 9.32. The summed E-state index contributed by atoms with van der Waals surface area (Å²) >= 11 is 5.75. The van der Waals surface area contributed by atoms with Crippen LogP contribution in [0.1, 0.15) is 43.5 Å². The molecule has 0 atom stereocenters. The lowest BCUT2D eigenvalue weighted by Gasteiger charge is -2.26. The van der Waals surface area contributed by atoms with E-state index < -0.39 is 21.7 Å². The van der Waals surface area contributed by atoms with Crippen molar-refractivity contribution in [2.45, 2.75) is 44.1 Å².